The summed E-state index contributed by atoms with van der Waals surface area (Å²) in [5.74, 6) is 0.511. The third kappa shape index (κ3) is 3.06. The Morgan fingerprint density at radius 3 is 2.67 bits per heavy atom. The van der Waals surface area contributed by atoms with Gasteiger partial charge in [0.25, 0.3) is 0 Å². The molecule has 1 amide bonds. The van der Waals surface area contributed by atoms with Crippen LogP contribution in [-0.2, 0) is 4.79 Å². The van der Waals surface area contributed by atoms with E-state index in [4.69, 9.17) is 5.73 Å². The highest BCUT2D eigenvalue weighted by Crippen LogP contribution is 2.08. The van der Waals surface area contributed by atoms with E-state index < -0.39 is 0 Å². The van der Waals surface area contributed by atoms with Gasteiger partial charge in [-0.3, -0.25) is 4.79 Å². The zero-order chi connectivity index (χ0) is 11.4. The normalized spacial score (nSPS) is 16.8. The van der Waals surface area contributed by atoms with Gasteiger partial charge < -0.3 is 16.0 Å². The molecule has 0 aliphatic rings. The van der Waals surface area contributed by atoms with Crippen molar-refractivity contribution in [3.8, 4) is 0 Å². The molecular formula is C10H18N4O. The average molecular weight is 210 g/mol. The number of rotatable bonds is 4. The number of carbonyl (C=O) groups excluding carboxylic acids is 1. The minimum atomic E-state index is -0.192. The Kier molecular flexibility index (Phi) is 3.85. The fourth-order valence-corrected chi connectivity index (χ4v) is 1.17. The Bertz CT molecular complexity index is 307. The van der Waals surface area contributed by atoms with E-state index in [0.717, 1.165) is 5.82 Å². The Morgan fingerprint density at radius 2 is 2.20 bits per heavy atom. The molecular weight excluding hydrogens is 192 g/mol. The number of hydrogen-bond donors (Lipinski definition) is 3. The molecule has 4 N–H and O–H groups in total. The van der Waals surface area contributed by atoms with Gasteiger partial charge in [-0.15, -0.1) is 0 Å². The van der Waals surface area contributed by atoms with Crippen LogP contribution in [0.4, 0.5) is 0 Å². The quantitative estimate of drug-likeness (QED) is 0.679. The zero-order valence-corrected chi connectivity index (χ0v) is 9.32. The molecule has 84 valence electrons. The average Bonchev–Trinajstić information content (AvgIpc) is 2.68. The van der Waals surface area contributed by atoms with Crippen molar-refractivity contribution in [2.24, 2.45) is 11.7 Å². The van der Waals surface area contributed by atoms with Crippen molar-refractivity contribution in [3.63, 3.8) is 0 Å². The molecule has 0 aliphatic carbocycles. The first-order chi connectivity index (χ1) is 7.02. The van der Waals surface area contributed by atoms with Crippen LogP contribution < -0.4 is 11.1 Å². The largest absolute Gasteiger partial charge is 0.347 e. The lowest BCUT2D eigenvalue weighted by Gasteiger charge is -2.18. The smallest absolute Gasteiger partial charge is 0.224 e. The molecule has 0 saturated carbocycles. The molecule has 0 saturated heterocycles. The molecule has 0 fully saturated rings. The molecule has 5 nitrogen and oxygen atoms in total. The van der Waals surface area contributed by atoms with E-state index in [9.17, 15) is 4.79 Å². The lowest BCUT2D eigenvalue weighted by Crippen LogP contribution is -2.39. The van der Waals surface area contributed by atoms with Crippen LogP contribution in [0.3, 0.4) is 0 Å². The second kappa shape index (κ2) is 4.93. The van der Waals surface area contributed by atoms with E-state index in [1.165, 1.54) is 0 Å². The van der Waals surface area contributed by atoms with Gasteiger partial charge in [0.15, 0.2) is 0 Å². The number of nitrogens with zero attached hydrogens (tertiary/aromatic N) is 1. The fraction of sp³-hybridized carbons (Fsp3) is 0.600. The molecule has 1 rings (SSSR count). The van der Waals surface area contributed by atoms with Gasteiger partial charge in [-0.25, -0.2) is 4.98 Å². The predicted octanol–water partition coefficient (Wildman–Crippen LogP) is 0.570. The highest BCUT2D eigenvalue weighted by molar-refractivity contribution is 5.79. The van der Waals surface area contributed by atoms with E-state index in [-0.39, 0.29) is 23.9 Å². The van der Waals surface area contributed by atoms with Crippen molar-refractivity contribution in [3.05, 3.63) is 18.2 Å². The van der Waals surface area contributed by atoms with E-state index >= 15 is 0 Å². The number of carbonyl (C=O) groups is 1. The van der Waals surface area contributed by atoms with Crippen molar-refractivity contribution in [1.29, 1.82) is 0 Å². The van der Waals surface area contributed by atoms with E-state index in [1.807, 2.05) is 20.8 Å². The number of imidazole rings is 1. The maximum Gasteiger partial charge on any atom is 0.224 e. The molecule has 5 heteroatoms. The molecule has 0 bridgehead atoms. The summed E-state index contributed by atoms with van der Waals surface area (Å²) in [6.45, 7) is 5.52. The Hall–Kier alpha value is -1.36. The maximum atomic E-state index is 11.7. The molecule has 1 aromatic heterocycles. The van der Waals surface area contributed by atoms with Gasteiger partial charge in [-0.05, 0) is 13.8 Å². The number of H-pyrrole nitrogens is 1. The summed E-state index contributed by atoms with van der Waals surface area (Å²) >= 11 is 0. The molecule has 0 aromatic carbocycles. The standard InChI is InChI=1S/C10H18N4O/c1-6(7(2)11)10(15)14-8(3)9-12-4-5-13-9/h4-8H,11H2,1-3H3,(H,12,13)(H,14,15). The third-order valence-corrected chi connectivity index (χ3v) is 2.49. The van der Waals surface area contributed by atoms with Crippen LogP contribution in [0.1, 0.15) is 32.6 Å². The van der Waals surface area contributed by atoms with Crippen LogP contribution in [-0.4, -0.2) is 21.9 Å². The third-order valence-electron chi connectivity index (χ3n) is 2.49. The number of aromatic nitrogens is 2. The van der Waals surface area contributed by atoms with Gasteiger partial charge in [-0.2, -0.15) is 0 Å². The van der Waals surface area contributed by atoms with Gasteiger partial charge in [0, 0.05) is 24.4 Å². The summed E-state index contributed by atoms with van der Waals surface area (Å²) in [7, 11) is 0. The highest BCUT2D eigenvalue weighted by Gasteiger charge is 2.19. The second-order valence-electron chi connectivity index (χ2n) is 3.85. The molecule has 1 aromatic rings. The zero-order valence-electron chi connectivity index (χ0n) is 9.32. The number of amides is 1. The van der Waals surface area contributed by atoms with Gasteiger partial charge in [0.1, 0.15) is 5.82 Å². The van der Waals surface area contributed by atoms with Crippen LogP contribution in [0, 0.1) is 5.92 Å². The van der Waals surface area contributed by atoms with Crippen LogP contribution in [0.2, 0.25) is 0 Å². The summed E-state index contributed by atoms with van der Waals surface area (Å²) in [5.41, 5.74) is 5.65. The number of hydrogen-bond acceptors (Lipinski definition) is 3. The Labute approximate surface area is 89.5 Å². The first-order valence-corrected chi connectivity index (χ1v) is 5.07. The first-order valence-electron chi connectivity index (χ1n) is 5.07. The number of nitrogens with two attached hydrogens (primary N) is 1. The van der Waals surface area contributed by atoms with Crippen molar-refractivity contribution in [1.82, 2.24) is 15.3 Å². The summed E-state index contributed by atoms with van der Waals surface area (Å²) in [6.07, 6.45) is 3.39. The number of aromatic amines is 1. The molecule has 0 spiro atoms. The van der Waals surface area contributed by atoms with E-state index in [1.54, 1.807) is 12.4 Å². The van der Waals surface area contributed by atoms with Crippen LogP contribution in [0.25, 0.3) is 0 Å². The topological polar surface area (TPSA) is 83.8 Å². The summed E-state index contributed by atoms with van der Waals surface area (Å²) < 4.78 is 0. The van der Waals surface area contributed by atoms with Gasteiger partial charge in [-0.1, -0.05) is 6.92 Å². The monoisotopic (exact) mass is 210 g/mol. The molecule has 0 aliphatic heterocycles. The molecule has 15 heavy (non-hydrogen) atoms. The molecule has 0 radical (unpaired) electrons. The molecule has 3 unspecified atom stereocenters. The first kappa shape index (κ1) is 11.7. The van der Waals surface area contributed by atoms with Crippen molar-refractivity contribution >= 4 is 5.91 Å². The van der Waals surface area contributed by atoms with Gasteiger partial charge in [0.2, 0.25) is 5.91 Å². The molecule has 3 atom stereocenters. The van der Waals surface area contributed by atoms with Crippen molar-refractivity contribution < 1.29 is 4.79 Å². The summed E-state index contributed by atoms with van der Waals surface area (Å²) in [5, 5.41) is 2.85. The fourth-order valence-electron chi connectivity index (χ4n) is 1.17. The minimum absolute atomic E-state index is 0.0473. The lowest BCUT2D eigenvalue weighted by molar-refractivity contribution is -0.125. The SMILES string of the molecule is CC(NC(=O)C(C)C(C)N)c1ncc[nH]1. The summed E-state index contributed by atoms with van der Waals surface area (Å²) in [6, 6.07) is -0.262. The van der Waals surface area contributed by atoms with E-state index in [0.29, 0.717) is 0 Å². The van der Waals surface area contributed by atoms with Crippen molar-refractivity contribution in [2.45, 2.75) is 32.9 Å². The summed E-state index contributed by atoms with van der Waals surface area (Å²) in [4.78, 5) is 18.7. The van der Waals surface area contributed by atoms with Gasteiger partial charge in [0.05, 0.1) is 6.04 Å². The van der Waals surface area contributed by atoms with Gasteiger partial charge >= 0.3 is 0 Å². The molecule has 1 heterocycles. The second-order valence-corrected chi connectivity index (χ2v) is 3.85. The number of nitrogens with one attached hydrogen (secondary N) is 2. The lowest BCUT2D eigenvalue weighted by atomic mass is 10.0. The Balaban J connectivity index is 2.52. The predicted molar refractivity (Wildman–Crippen MR) is 58.0 cm³/mol. The maximum absolute atomic E-state index is 11.7. The minimum Gasteiger partial charge on any atom is -0.347 e. The van der Waals surface area contributed by atoms with Crippen molar-refractivity contribution in [2.75, 3.05) is 0 Å². The Morgan fingerprint density at radius 1 is 1.53 bits per heavy atom. The van der Waals surface area contributed by atoms with Crippen LogP contribution in [0.15, 0.2) is 12.4 Å². The van der Waals surface area contributed by atoms with Crippen LogP contribution >= 0.6 is 0 Å². The van der Waals surface area contributed by atoms with Crippen LogP contribution in [0.5, 0.6) is 0 Å². The van der Waals surface area contributed by atoms with E-state index in [2.05, 4.69) is 15.3 Å². The highest BCUT2D eigenvalue weighted by atomic mass is 16.1.